The molecule has 0 N–H and O–H groups in total. The predicted octanol–water partition coefficient (Wildman–Crippen LogP) is 7.66. The number of rotatable bonds is 0. The first-order valence-corrected chi connectivity index (χ1v) is 10.1. The Morgan fingerprint density at radius 1 is 0.381 bits per heavy atom. The van der Waals surface area contributed by atoms with Crippen LogP contribution >= 0.6 is 0 Å². The van der Waals surface area contributed by atoms with Crippen LogP contribution in [0.3, 0.4) is 0 Å². The molecule has 0 aromatic carbocycles. The summed E-state index contributed by atoms with van der Waals surface area (Å²) in [4.78, 5) is 0. The highest BCUT2D eigenvalue weighted by Crippen LogP contribution is 2.47. The first kappa shape index (κ1) is 17.4. The van der Waals surface area contributed by atoms with E-state index in [1.54, 1.807) is 0 Å². The van der Waals surface area contributed by atoms with Gasteiger partial charge in [0.15, 0.2) is 0 Å². The van der Waals surface area contributed by atoms with Gasteiger partial charge in [0, 0.05) is 0 Å². The largest absolute Gasteiger partial charge is 0.0596 e. The summed E-state index contributed by atoms with van der Waals surface area (Å²) < 4.78 is 0. The summed E-state index contributed by atoms with van der Waals surface area (Å²) >= 11 is 0. The molecule has 0 radical (unpaired) electrons. The monoisotopic (exact) mass is 292 g/mol. The fourth-order valence-electron chi connectivity index (χ4n) is 5.26. The van der Waals surface area contributed by atoms with Crippen molar-refractivity contribution in [2.75, 3.05) is 0 Å². The molecule has 2 rings (SSSR count). The Hall–Kier alpha value is 0. The molecule has 2 aliphatic rings. The van der Waals surface area contributed by atoms with Crippen molar-refractivity contribution in [2.45, 2.75) is 123 Å². The van der Waals surface area contributed by atoms with Crippen LogP contribution in [0.1, 0.15) is 123 Å². The van der Waals surface area contributed by atoms with Gasteiger partial charge in [-0.2, -0.15) is 0 Å². The van der Waals surface area contributed by atoms with Gasteiger partial charge in [0.05, 0.1) is 0 Å². The molecule has 124 valence electrons. The van der Waals surface area contributed by atoms with Crippen LogP contribution in [0.4, 0.5) is 0 Å². The van der Waals surface area contributed by atoms with Gasteiger partial charge in [-0.25, -0.2) is 0 Å². The van der Waals surface area contributed by atoms with Gasteiger partial charge >= 0.3 is 0 Å². The third-order valence-corrected chi connectivity index (χ3v) is 6.47. The second kappa shape index (κ2) is 8.59. The Kier molecular flexibility index (Phi) is 7.10. The van der Waals surface area contributed by atoms with E-state index in [2.05, 4.69) is 13.8 Å². The second-order valence-corrected chi connectivity index (χ2v) is 9.04. The first-order valence-electron chi connectivity index (χ1n) is 10.1. The average Bonchev–Trinajstić information content (AvgIpc) is 2.48. The van der Waals surface area contributed by atoms with E-state index in [9.17, 15) is 0 Å². The van der Waals surface area contributed by atoms with Gasteiger partial charge in [-0.05, 0) is 42.9 Å². The van der Waals surface area contributed by atoms with Crippen molar-refractivity contribution < 1.29 is 0 Å². The summed E-state index contributed by atoms with van der Waals surface area (Å²) in [5, 5.41) is 0. The summed E-state index contributed by atoms with van der Waals surface area (Å²) in [6.45, 7) is 5.28. The zero-order valence-corrected chi connectivity index (χ0v) is 15.0. The van der Waals surface area contributed by atoms with E-state index >= 15 is 0 Å². The first-order chi connectivity index (χ1) is 10.1. The van der Waals surface area contributed by atoms with E-state index in [0.717, 1.165) is 0 Å². The van der Waals surface area contributed by atoms with Crippen molar-refractivity contribution in [1.82, 2.24) is 0 Å². The molecule has 0 spiro atoms. The van der Waals surface area contributed by atoms with Crippen LogP contribution < -0.4 is 0 Å². The van der Waals surface area contributed by atoms with Crippen molar-refractivity contribution in [3.05, 3.63) is 0 Å². The minimum absolute atomic E-state index is 0.642. The predicted molar refractivity (Wildman–Crippen MR) is 94.7 cm³/mol. The average molecular weight is 293 g/mol. The Balaban J connectivity index is 2.09. The molecule has 0 heteroatoms. The maximum absolute atomic E-state index is 2.64. The molecule has 0 nitrogen and oxygen atoms in total. The van der Waals surface area contributed by atoms with Gasteiger partial charge in [0.1, 0.15) is 0 Å². The Morgan fingerprint density at radius 2 is 0.619 bits per heavy atom. The summed E-state index contributed by atoms with van der Waals surface area (Å²) in [6.07, 6.45) is 25.4. The molecule has 0 aliphatic heterocycles. The Labute approximate surface area is 134 Å². The van der Waals surface area contributed by atoms with E-state index in [1.807, 2.05) is 0 Å². The Morgan fingerprint density at radius 3 is 0.905 bits per heavy atom. The van der Waals surface area contributed by atoms with E-state index in [1.165, 1.54) is 109 Å². The molecule has 0 atom stereocenters. The van der Waals surface area contributed by atoms with E-state index in [-0.39, 0.29) is 0 Å². The summed E-state index contributed by atoms with van der Waals surface area (Å²) in [5.41, 5.74) is 1.28. The molecule has 21 heavy (non-hydrogen) atoms. The zero-order valence-electron chi connectivity index (χ0n) is 15.0. The molecule has 2 bridgehead atoms. The van der Waals surface area contributed by atoms with Crippen molar-refractivity contribution in [1.29, 1.82) is 0 Å². The summed E-state index contributed by atoms with van der Waals surface area (Å²) in [7, 11) is 0. The van der Waals surface area contributed by atoms with Crippen LogP contribution in [0.5, 0.6) is 0 Å². The Bertz CT molecular complexity index is 230. The minimum Gasteiger partial charge on any atom is -0.0596 e. The number of hydrogen-bond acceptors (Lipinski definition) is 0. The van der Waals surface area contributed by atoms with Gasteiger partial charge < -0.3 is 0 Å². The lowest BCUT2D eigenvalue weighted by molar-refractivity contribution is 0.112. The van der Waals surface area contributed by atoms with Crippen molar-refractivity contribution in [3.8, 4) is 0 Å². The van der Waals surface area contributed by atoms with Crippen LogP contribution in [0.25, 0.3) is 0 Å². The quantitative estimate of drug-likeness (QED) is 0.430. The smallest absolute Gasteiger partial charge is 0.0321 e. The third kappa shape index (κ3) is 6.33. The standard InChI is InChI=1S/C21H40/c1-20-15-11-7-3-5-9-13-17-21(2,19-20)18-14-10-6-4-8-12-16-20/h3-19H2,1-2H3. The lowest BCUT2D eigenvalue weighted by Gasteiger charge is -2.40. The molecule has 2 saturated carbocycles. The maximum atomic E-state index is 2.64. The molecule has 0 aromatic heterocycles. The lowest BCUT2D eigenvalue weighted by Crippen LogP contribution is -2.28. The van der Waals surface area contributed by atoms with Crippen LogP contribution in [0.2, 0.25) is 0 Å². The fraction of sp³-hybridized carbons (Fsp3) is 1.00. The fourth-order valence-corrected chi connectivity index (χ4v) is 5.26. The molecular formula is C21H40. The molecule has 0 saturated heterocycles. The third-order valence-electron chi connectivity index (χ3n) is 6.47. The van der Waals surface area contributed by atoms with Crippen LogP contribution in [0, 0.1) is 10.8 Å². The SMILES string of the molecule is CC12CCCCCCCCC(C)(CCCCCCCC1)C2. The van der Waals surface area contributed by atoms with Crippen molar-refractivity contribution in [2.24, 2.45) is 10.8 Å². The van der Waals surface area contributed by atoms with Gasteiger partial charge in [0.2, 0.25) is 0 Å². The minimum atomic E-state index is 0.642. The normalized spacial score (nSPS) is 38.0. The molecule has 2 aliphatic carbocycles. The van der Waals surface area contributed by atoms with Gasteiger partial charge in [-0.15, -0.1) is 0 Å². The zero-order chi connectivity index (χ0) is 15.0. The van der Waals surface area contributed by atoms with Crippen LogP contribution in [0.15, 0.2) is 0 Å². The molecule has 0 unspecified atom stereocenters. The molecule has 0 amide bonds. The number of hydrogen-bond donors (Lipinski definition) is 0. The lowest BCUT2D eigenvalue weighted by atomic mass is 9.65. The summed E-state index contributed by atoms with van der Waals surface area (Å²) in [6, 6.07) is 0. The maximum Gasteiger partial charge on any atom is -0.0321 e. The van der Waals surface area contributed by atoms with E-state index < -0.39 is 0 Å². The van der Waals surface area contributed by atoms with E-state index in [0.29, 0.717) is 10.8 Å². The van der Waals surface area contributed by atoms with Crippen LogP contribution in [-0.2, 0) is 0 Å². The highest BCUT2D eigenvalue weighted by atomic mass is 14.4. The highest BCUT2D eigenvalue weighted by molar-refractivity contribution is 4.86. The van der Waals surface area contributed by atoms with Gasteiger partial charge in [-0.1, -0.05) is 90.9 Å². The molecular weight excluding hydrogens is 252 g/mol. The van der Waals surface area contributed by atoms with Gasteiger partial charge in [-0.3, -0.25) is 0 Å². The topological polar surface area (TPSA) is 0 Å². The van der Waals surface area contributed by atoms with Crippen molar-refractivity contribution in [3.63, 3.8) is 0 Å². The molecule has 0 aromatic rings. The summed E-state index contributed by atoms with van der Waals surface area (Å²) in [5.74, 6) is 0. The number of fused-ring (bicyclic) bond motifs is 2. The molecule has 0 heterocycles. The van der Waals surface area contributed by atoms with Gasteiger partial charge in [0.25, 0.3) is 0 Å². The van der Waals surface area contributed by atoms with E-state index in [4.69, 9.17) is 0 Å². The highest BCUT2D eigenvalue weighted by Gasteiger charge is 2.34. The second-order valence-electron chi connectivity index (χ2n) is 9.04. The molecule has 2 fully saturated rings. The van der Waals surface area contributed by atoms with Crippen LogP contribution in [-0.4, -0.2) is 0 Å². The van der Waals surface area contributed by atoms with Crippen molar-refractivity contribution >= 4 is 0 Å².